The molecule has 1 aromatic heterocycles. The van der Waals surface area contributed by atoms with Gasteiger partial charge in [0.1, 0.15) is 0 Å². The van der Waals surface area contributed by atoms with Gasteiger partial charge in [0.2, 0.25) is 0 Å². The molecule has 4 aliphatic rings. The van der Waals surface area contributed by atoms with E-state index in [0.717, 1.165) is 38.7 Å². The Morgan fingerprint density at radius 3 is 2.43 bits per heavy atom. The number of carbonyl (C=O) groups excluding carboxylic acids is 1. The summed E-state index contributed by atoms with van der Waals surface area (Å²) in [5, 5.41) is 4.47. The molecule has 2 aromatic rings. The smallest absolute Gasteiger partial charge is 0.253 e. The highest BCUT2D eigenvalue weighted by Crippen LogP contribution is 2.55. The summed E-state index contributed by atoms with van der Waals surface area (Å²) in [6, 6.07) is 6.04. The molecule has 4 fully saturated rings. The quantitative estimate of drug-likeness (QED) is 0.792. The first-order chi connectivity index (χ1) is 11.1. The van der Waals surface area contributed by atoms with Crippen LogP contribution in [0.2, 0.25) is 0 Å². The summed E-state index contributed by atoms with van der Waals surface area (Å²) in [7, 11) is 0. The van der Waals surface area contributed by atoms with E-state index in [1.807, 2.05) is 24.4 Å². The SMILES string of the molecule is O=C(NC12CC3CC(CC(C3)C1)C2)c1c[nH]c2ccc(Br)cc12. The van der Waals surface area contributed by atoms with Crippen LogP contribution >= 0.6 is 15.9 Å². The van der Waals surface area contributed by atoms with Gasteiger partial charge in [0.25, 0.3) is 5.91 Å². The second-order valence-electron chi connectivity index (χ2n) is 8.04. The second-order valence-corrected chi connectivity index (χ2v) is 8.96. The molecular weight excluding hydrogens is 352 g/mol. The van der Waals surface area contributed by atoms with Gasteiger partial charge in [-0.1, -0.05) is 15.9 Å². The van der Waals surface area contributed by atoms with Crippen LogP contribution in [0.5, 0.6) is 0 Å². The van der Waals surface area contributed by atoms with Gasteiger partial charge in [0, 0.05) is 27.1 Å². The summed E-state index contributed by atoms with van der Waals surface area (Å²) >= 11 is 3.51. The van der Waals surface area contributed by atoms with Crippen LogP contribution in [0.1, 0.15) is 48.9 Å². The summed E-state index contributed by atoms with van der Waals surface area (Å²) in [6.45, 7) is 0. The Morgan fingerprint density at radius 1 is 1.13 bits per heavy atom. The Labute approximate surface area is 144 Å². The number of hydrogen-bond acceptors (Lipinski definition) is 1. The monoisotopic (exact) mass is 372 g/mol. The van der Waals surface area contributed by atoms with Gasteiger partial charge in [0.15, 0.2) is 0 Å². The number of aromatic nitrogens is 1. The fourth-order valence-corrected chi connectivity index (χ4v) is 6.21. The predicted octanol–water partition coefficient (Wildman–Crippen LogP) is 4.63. The molecule has 4 aliphatic carbocycles. The van der Waals surface area contributed by atoms with Crippen LogP contribution in [-0.2, 0) is 0 Å². The number of amides is 1. The molecule has 2 N–H and O–H groups in total. The maximum atomic E-state index is 13.0. The third kappa shape index (κ3) is 2.25. The van der Waals surface area contributed by atoms with Gasteiger partial charge >= 0.3 is 0 Å². The molecule has 1 heterocycles. The van der Waals surface area contributed by atoms with Crippen LogP contribution in [0.15, 0.2) is 28.9 Å². The summed E-state index contributed by atoms with van der Waals surface area (Å²) in [4.78, 5) is 16.2. The number of H-pyrrole nitrogens is 1. The van der Waals surface area contributed by atoms with Crippen LogP contribution in [0, 0.1) is 17.8 Å². The lowest BCUT2D eigenvalue weighted by molar-refractivity contribution is -0.0166. The van der Waals surface area contributed by atoms with Crippen molar-refractivity contribution in [2.45, 2.75) is 44.1 Å². The molecule has 4 bridgehead atoms. The number of halogens is 1. The molecule has 0 atom stereocenters. The van der Waals surface area contributed by atoms with Crippen molar-refractivity contribution >= 4 is 32.7 Å². The van der Waals surface area contributed by atoms with Gasteiger partial charge in [-0.05, 0) is 74.5 Å². The standard InChI is InChI=1S/C19H21BrN2O/c20-14-1-2-17-15(6-14)16(10-21-17)18(23)22-19-7-11-3-12(8-19)5-13(4-11)9-19/h1-2,6,10-13,21H,3-5,7-9H2,(H,22,23). The largest absolute Gasteiger partial charge is 0.360 e. The van der Waals surface area contributed by atoms with Gasteiger partial charge in [0.05, 0.1) is 5.56 Å². The Balaban J connectivity index is 1.46. The molecular formula is C19H21BrN2O. The lowest BCUT2D eigenvalue weighted by atomic mass is 9.53. The predicted molar refractivity (Wildman–Crippen MR) is 94.4 cm³/mol. The molecule has 23 heavy (non-hydrogen) atoms. The zero-order valence-corrected chi connectivity index (χ0v) is 14.7. The minimum absolute atomic E-state index is 0.0709. The molecule has 0 spiro atoms. The fourth-order valence-electron chi connectivity index (χ4n) is 5.85. The minimum atomic E-state index is 0.0709. The van der Waals surface area contributed by atoms with Crippen molar-refractivity contribution < 1.29 is 4.79 Å². The van der Waals surface area contributed by atoms with Crippen molar-refractivity contribution in [1.29, 1.82) is 0 Å². The summed E-state index contributed by atoms with van der Waals surface area (Å²) in [6.07, 6.45) is 9.62. The van der Waals surface area contributed by atoms with E-state index >= 15 is 0 Å². The van der Waals surface area contributed by atoms with Gasteiger partial charge in [-0.2, -0.15) is 0 Å². The van der Waals surface area contributed by atoms with E-state index in [1.165, 1.54) is 38.5 Å². The zero-order chi connectivity index (χ0) is 15.6. The molecule has 6 rings (SSSR count). The molecule has 0 unspecified atom stereocenters. The summed E-state index contributed by atoms with van der Waals surface area (Å²) < 4.78 is 1.01. The normalized spacial score (nSPS) is 34.9. The molecule has 1 aromatic carbocycles. The maximum absolute atomic E-state index is 13.0. The molecule has 120 valence electrons. The zero-order valence-electron chi connectivity index (χ0n) is 13.1. The first kappa shape index (κ1) is 14.1. The van der Waals surface area contributed by atoms with Crippen LogP contribution in [-0.4, -0.2) is 16.4 Å². The Bertz CT molecular complexity index is 758. The van der Waals surface area contributed by atoms with Gasteiger partial charge in [-0.25, -0.2) is 0 Å². The summed E-state index contributed by atoms with van der Waals surface area (Å²) in [5.41, 5.74) is 1.86. The highest BCUT2D eigenvalue weighted by atomic mass is 79.9. The molecule has 0 radical (unpaired) electrons. The Morgan fingerprint density at radius 2 is 1.78 bits per heavy atom. The number of nitrogens with one attached hydrogen (secondary N) is 2. The maximum Gasteiger partial charge on any atom is 0.253 e. The number of carbonyl (C=O) groups is 1. The number of aromatic amines is 1. The van der Waals surface area contributed by atoms with Crippen LogP contribution in [0.25, 0.3) is 10.9 Å². The summed E-state index contributed by atoms with van der Waals surface area (Å²) in [5.74, 6) is 2.63. The molecule has 0 aliphatic heterocycles. The average Bonchev–Trinajstić information content (AvgIpc) is 2.88. The molecule has 3 nitrogen and oxygen atoms in total. The van der Waals surface area contributed by atoms with Gasteiger partial charge < -0.3 is 10.3 Å². The van der Waals surface area contributed by atoms with Crippen molar-refractivity contribution in [3.8, 4) is 0 Å². The van der Waals surface area contributed by atoms with E-state index in [1.54, 1.807) is 0 Å². The molecule has 4 heteroatoms. The number of hydrogen-bond donors (Lipinski definition) is 2. The first-order valence-electron chi connectivity index (χ1n) is 8.69. The number of benzene rings is 1. The average molecular weight is 373 g/mol. The van der Waals surface area contributed by atoms with Crippen molar-refractivity contribution in [2.24, 2.45) is 17.8 Å². The number of fused-ring (bicyclic) bond motifs is 1. The van der Waals surface area contributed by atoms with Crippen LogP contribution in [0.4, 0.5) is 0 Å². The van der Waals surface area contributed by atoms with E-state index in [2.05, 4.69) is 26.2 Å². The van der Waals surface area contributed by atoms with Crippen molar-refractivity contribution in [3.63, 3.8) is 0 Å². The van der Waals surface area contributed by atoms with E-state index < -0.39 is 0 Å². The fraction of sp³-hybridized carbons (Fsp3) is 0.526. The van der Waals surface area contributed by atoms with E-state index in [9.17, 15) is 4.79 Å². The first-order valence-corrected chi connectivity index (χ1v) is 9.49. The van der Waals surface area contributed by atoms with E-state index in [-0.39, 0.29) is 11.4 Å². The topological polar surface area (TPSA) is 44.9 Å². The highest BCUT2D eigenvalue weighted by molar-refractivity contribution is 9.10. The minimum Gasteiger partial charge on any atom is -0.360 e. The Hall–Kier alpha value is -1.29. The molecule has 0 saturated heterocycles. The van der Waals surface area contributed by atoms with E-state index in [0.29, 0.717) is 0 Å². The van der Waals surface area contributed by atoms with E-state index in [4.69, 9.17) is 0 Å². The van der Waals surface area contributed by atoms with Crippen molar-refractivity contribution in [3.05, 3.63) is 34.4 Å². The van der Waals surface area contributed by atoms with Crippen LogP contribution in [0.3, 0.4) is 0 Å². The third-order valence-corrected chi connectivity index (χ3v) is 6.80. The lowest BCUT2D eigenvalue weighted by Crippen LogP contribution is -2.59. The highest BCUT2D eigenvalue weighted by Gasteiger charge is 2.51. The Kier molecular flexibility index (Phi) is 2.97. The number of rotatable bonds is 2. The second kappa shape index (κ2) is 4.85. The lowest BCUT2D eigenvalue weighted by Gasteiger charge is -2.56. The van der Waals surface area contributed by atoms with Gasteiger partial charge in [-0.15, -0.1) is 0 Å². The van der Waals surface area contributed by atoms with Crippen molar-refractivity contribution in [1.82, 2.24) is 10.3 Å². The third-order valence-electron chi connectivity index (χ3n) is 6.31. The molecule has 1 amide bonds. The van der Waals surface area contributed by atoms with Crippen molar-refractivity contribution in [2.75, 3.05) is 0 Å². The van der Waals surface area contributed by atoms with Crippen LogP contribution < -0.4 is 5.32 Å². The van der Waals surface area contributed by atoms with Gasteiger partial charge in [-0.3, -0.25) is 4.79 Å². The molecule has 4 saturated carbocycles.